The molecule has 0 radical (unpaired) electrons. The van der Waals surface area contributed by atoms with Crippen molar-refractivity contribution in [1.29, 1.82) is 0 Å². The lowest BCUT2D eigenvalue weighted by Crippen LogP contribution is -2.32. The van der Waals surface area contributed by atoms with Gasteiger partial charge in [0, 0.05) is 23.7 Å². The van der Waals surface area contributed by atoms with E-state index >= 15 is 0 Å². The first-order valence-electron chi connectivity index (χ1n) is 6.54. The number of hydrogen-bond acceptors (Lipinski definition) is 4. The Morgan fingerprint density at radius 3 is 3.05 bits per heavy atom. The number of benzene rings is 1. The van der Waals surface area contributed by atoms with Crippen LogP contribution >= 0.6 is 11.6 Å². The van der Waals surface area contributed by atoms with Crippen molar-refractivity contribution >= 4 is 11.6 Å². The van der Waals surface area contributed by atoms with Gasteiger partial charge in [-0.25, -0.2) is 0 Å². The molecule has 1 aromatic carbocycles. The molecular formula is C14H20ClNO3. The van der Waals surface area contributed by atoms with E-state index in [-0.39, 0.29) is 18.8 Å². The lowest BCUT2D eigenvalue weighted by molar-refractivity contribution is 0.103. The highest BCUT2D eigenvalue weighted by Crippen LogP contribution is 2.32. The lowest BCUT2D eigenvalue weighted by Gasteiger charge is -2.22. The van der Waals surface area contributed by atoms with Gasteiger partial charge in [0.05, 0.1) is 25.9 Å². The second-order valence-electron chi connectivity index (χ2n) is 4.63. The van der Waals surface area contributed by atoms with E-state index in [1.807, 2.05) is 12.1 Å². The van der Waals surface area contributed by atoms with Crippen LogP contribution in [0.1, 0.15) is 24.4 Å². The van der Waals surface area contributed by atoms with Gasteiger partial charge in [0.25, 0.3) is 0 Å². The van der Waals surface area contributed by atoms with E-state index in [2.05, 4.69) is 5.32 Å². The Hall–Kier alpha value is -0.810. The quantitative estimate of drug-likeness (QED) is 0.841. The molecule has 0 aliphatic carbocycles. The molecule has 1 aliphatic rings. The molecule has 1 heterocycles. The van der Waals surface area contributed by atoms with Crippen LogP contribution in [0.2, 0.25) is 5.02 Å². The third-order valence-corrected chi connectivity index (χ3v) is 3.71. The van der Waals surface area contributed by atoms with Crippen LogP contribution in [0.4, 0.5) is 0 Å². The second kappa shape index (κ2) is 7.10. The van der Waals surface area contributed by atoms with Gasteiger partial charge in [-0.05, 0) is 25.0 Å². The normalized spacial score (nSPS) is 20.5. The highest BCUT2D eigenvalue weighted by Gasteiger charge is 2.21. The first-order chi connectivity index (χ1) is 9.26. The highest BCUT2D eigenvalue weighted by molar-refractivity contribution is 6.31. The fourth-order valence-electron chi connectivity index (χ4n) is 2.37. The molecule has 0 amide bonds. The maximum atomic E-state index is 9.58. The molecule has 4 nitrogen and oxygen atoms in total. The van der Waals surface area contributed by atoms with Crippen molar-refractivity contribution in [1.82, 2.24) is 5.32 Å². The van der Waals surface area contributed by atoms with Crippen LogP contribution in [0.5, 0.6) is 5.75 Å². The molecule has 0 saturated carbocycles. The summed E-state index contributed by atoms with van der Waals surface area (Å²) in [6, 6.07) is 5.24. The van der Waals surface area contributed by atoms with E-state index in [4.69, 9.17) is 21.1 Å². The number of halogens is 1. The van der Waals surface area contributed by atoms with Crippen LogP contribution in [0, 0.1) is 0 Å². The molecule has 1 saturated heterocycles. The molecule has 0 spiro atoms. The fraction of sp³-hybridized carbons (Fsp3) is 0.571. The van der Waals surface area contributed by atoms with Crippen LogP contribution in [0.15, 0.2) is 18.2 Å². The van der Waals surface area contributed by atoms with Crippen molar-refractivity contribution in [2.45, 2.75) is 25.0 Å². The van der Waals surface area contributed by atoms with Crippen LogP contribution in [0.3, 0.4) is 0 Å². The van der Waals surface area contributed by atoms with E-state index in [1.54, 1.807) is 13.2 Å². The zero-order valence-corrected chi connectivity index (χ0v) is 11.8. The van der Waals surface area contributed by atoms with Gasteiger partial charge in [0.1, 0.15) is 5.75 Å². The Labute approximate surface area is 118 Å². The van der Waals surface area contributed by atoms with Gasteiger partial charge in [-0.1, -0.05) is 17.7 Å². The summed E-state index contributed by atoms with van der Waals surface area (Å²) in [5, 5.41) is 13.5. The van der Waals surface area contributed by atoms with Crippen molar-refractivity contribution in [3.8, 4) is 5.75 Å². The van der Waals surface area contributed by atoms with Crippen molar-refractivity contribution in [2.75, 3.05) is 26.9 Å². The number of rotatable bonds is 6. The van der Waals surface area contributed by atoms with Crippen LogP contribution < -0.4 is 10.1 Å². The molecule has 106 valence electrons. The number of hydrogen-bond donors (Lipinski definition) is 2. The third kappa shape index (κ3) is 3.60. The van der Waals surface area contributed by atoms with Gasteiger partial charge >= 0.3 is 0 Å². The van der Waals surface area contributed by atoms with Gasteiger partial charge in [0.2, 0.25) is 0 Å². The first-order valence-corrected chi connectivity index (χ1v) is 6.92. The lowest BCUT2D eigenvalue weighted by atomic mass is 10.1. The molecule has 2 rings (SSSR count). The number of aliphatic hydroxyl groups excluding tert-OH is 1. The summed E-state index contributed by atoms with van der Waals surface area (Å²) in [5.74, 6) is 0.686. The minimum Gasteiger partial charge on any atom is -0.496 e. The van der Waals surface area contributed by atoms with Crippen molar-refractivity contribution < 1.29 is 14.6 Å². The predicted molar refractivity (Wildman–Crippen MR) is 74.8 cm³/mol. The summed E-state index contributed by atoms with van der Waals surface area (Å²) in [6.45, 7) is 1.50. The Morgan fingerprint density at radius 2 is 2.42 bits per heavy atom. The van der Waals surface area contributed by atoms with Crippen LogP contribution in [0.25, 0.3) is 0 Å². The molecule has 2 N–H and O–H groups in total. The van der Waals surface area contributed by atoms with E-state index in [0.717, 1.165) is 25.0 Å². The second-order valence-corrected chi connectivity index (χ2v) is 5.04. The molecule has 1 aliphatic heterocycles. The van der Waals surface area contributed by atoms with Crippen LogP contribution in [-0.4, -0.2) is 38.1 Å². The summed E-state index contributed by atoms with van der Waals surface area (Å²) in [7, 11) is 1.60. The highest BCUT2D eigenvalue weighted by atomic mass is 35.5. The molecule has 19 heavy (non-hydrogen) atoms. The Bertz CT molecular complexity index is 408. The average molecular weight is 286 g/mol. The van der Waals surface area contributed by atoms with E-state index in [9.17, 15) is 5.11 Å². The molecule has 0 bridgehead atoms. The molecule has 0 aromatic heterocycles. The maximum Gasteiger partial charge on any atom is 0.125 e. The van der Waals surface area contributed by atoms with E-state index in [1.165, 1.54) is 0 Å². The SMILES string of the molecule is COc1cccc(Cl)c1C(CO)NCC1CCCO1. The molecule has 1 aromatic rings. The van der Waals surface area contributed by atoms with Crippen molar-refractivity contribution in [2.24, 2.45) is 0 Å². The number of aliphatic hydroxyl groups is 1. The summed E-state index contributed by atoms with van der Waals surface area (Å²) in [5.41, 5.74) is 0.798. The van der Waals surface area contributed by atoms with E-state index in [0.29, 0.717) is 17.3 Å². The fourth-order valence-corrected chi connectivity index (χ4v) is 2.67. The van der Waals surface area contributed by atoms with Crippen molar-refractivity contribution in [3.63, 3.8) is 0 Å². The van der Waals surface area contributed by atoms with Gasteiger partial charge < -0.3 is 19.9 Å². The first kappa shape index (κ1) is 14.6. The zero-order chi connectivity index (χ0) is 13.7. The minimum atomic E-state index is -0.243. The molecule has 1 fully saturated rings. The summed E-state index contributed by atoms with van der Waals surface area (Å²) < 4.78 is 10.9. The monoisotopic (exact) mass is 285 g/mol. The Kier molecular flexibility index (Phi) is 5.45. The number of nitrogens with one attached hydrogen (secondary N) is 1. The number of ether oxygens (including phenoxy) is 2. The summed E-state index contributed by atoms with van der Waals surface area (Å²) in [6.07, 6.45) is 2.39. The third-order valence-electron chi connectivity index (χ3n) is 3.38. The largest absolute Gasteiger partial charge is 0.496 e. The standard InChI is InChI=1S/C14H20ClNO3/c1-18-13-6-2-5-11(15)14(13)12(9-17)16-8-10-4-3-7-19-10/h2,5-6,10,12,16-17H,3-4,7-9H2,1H3. The van der Waals surface area contributed by atoms with Crippen molar-refractivity contribution in [3.05, 3.63) is 28.8 Å². The average Bonchev–Trinajstić information content (AvgIpc) is 2.94. The zero-order valence-electron chi connectivity index (χ0n) is 11.1. The van der Waals surface area contributed by atoms with Gasteiger partial charge in [-0.3, -0.25) is 0 Å². The molecular weight excluding hydrogens is 266 g/mol. The van der Waals surface area contributed by atoms with Gasteiger partial charge in [-0.15, -0.1) is 0 Å². The summed E-state index contributed by atoms with van der Waals surface area (Å²) in [4.78, 5) is 0. The predicted octanol–water partition coefficient (Wildman–Crippen LogP) is 2.15. The summed E-state index contributed by atoms with van der Waals surface area (Å²) >= 11 is 6.21. The smallest absolute Gasteiger partial charge is 0.125 e. The Balaban J connectivity index is 2.07. The van der Waals surface area contributed by atoms with Gasteiger partial charge in [-0.2, -0.15) is 0 Å². The van der Waals surface area contributed by atoms with Gasteiger partial charge in [0.15, 0.2) is 0 Å². The maximum absolute atomic E-state index is 9.58. The number of methoxy groups -OCH3 is 1. The van der Waals surface area contributed by atoms with E-state index < -0.39 is 0 Å². The Morgan fingerprint density at radius 1 is 1.58 bits per heavy atom. The topological polar surface area (TPSA) is 50.7 Å². The van der Waals surface area contributed by atoms with Crippen LogP contribution in [-0.2, 0) is 4.74 Å². The molecule has 2 atom stereocenters. The minimum absolute atomic E-state index is 0.0349. The molecule has 5 heteroatoms. The molecule has 2 unspecified atom stereocenters.